The summed E-state index contributed by atoms with van der Waals surface area (Å²) in [5.41, 5.74) is 0. The van der Waals surface area contributed by atoms with Crippen molar-refractivity contribution in [3.05, 3.63) is 0 Å². The molecule has 0 aromatic rings. The van der Waals surface area contributed by atoms with E-state index in [1.165, 1.54) is 0 Å². The van der Waals surface area contributed by atoms with Gasteiger partial charge in [0, 0.05) is 13.0 Å². The van der Waals surface area contributed by atoms with E-state index in [0.717, 1.165) is 19.4 Å². The van der Waals surface area contributed by atoms with E-state index < -0.39 is 0 Å². The summed E-state index contributed by atoms with van der Waals surface area (Å²) in [6, 6.07) is 0. The first kappa shape index (κ1) is 11.4. The summed E-state index contributed by atoms with van der Waals surface area (Å²) >= 11 is 0. The van der Waals surface area contributed by atoms with E-state index in [1.54, 1.807) is 0 Å². The molecule has 0 spiro atoms. The zero-order chi connectivity index (χ0) is 4.41. The molecule has 1 aliphatic rings. The van der Waals surface area contributed by atoms with E-state index in [1.807, 2.05) is 0 Å². The monoisotopic (exact) mass is 243 g/mol. The number of halogens is 1. The van der Waals surface area contributed by atoms with E-state index in [2.05, 4.69) is 5.32 Å². The van der Waals surface area contributed by atoms with Crippen molar-refractivity contribution in [1.29, 1.82) is 0 Å². The van der Waals surface area contributed by atoms with Crippen LogP contribution in [0.3, 0.4) is 0 Å². The summed E-state index contributed by atoms with van der Waals surface area (Å²) in [5, 5.41) is 2.68. The van der Waals surface area contributed by atoms with Crippen molar-refractivity contribution in [1.82, 2.24) is 5.32 Å². The van der Waals surface area contributed by atoms with Crippen molar-refractivity contribution in [2.24, 2.45) is 0 Å². The van der Waals surface area contributed by atoms with Crippen LogP contribution < -0.4 is 5.32 Å². The van der Waals surface area contributed by atoms with Gasteiger partial charge in [0.1, 0.15) is 0 Å². The Balaban J connectivity index is 0. The first-order chi connectivity index (χ1) is 2.89. The molecule has 0 unspecified atom stereocenters. The quantitative estimate of drug-likeness (QED) is 0.565. The summed E-state index contributed by atoms with van der Waals surface area (Å²) in [7, 11) is 0. The predicted octanol–water partition coefficient (Wildman–Crippen LogP) is -0.598. The van der Waals surface area contributed by atoms with E-state index in [0.29, 0.717) is 0 Å². The zero-order valence-corrected chi connectivity index (χ0v) is 9.50. The van der Waals surface area contributed by atoms with Gasteiger partial charge >= 0.3 is 23.9 Å². The van der Waals surface area contributed by atoms with Crippen molar-refractivity contribution in [2.45, 2.75) is 12.8 Å². The van der Waals surface area contributed by atoms with Gasteiger partial charge in [-0.2, -0.15) is 0 Å². The van der Waals surface area contributed by atoms with Crippen LogP contribution >= 0.6 is 12.4 Å². The molecule has 1 saturated heterocycles. The molecule has 0 aromatic heterocycles. The first-order valence-electron chi connectivity index (χ1n) is 2.16. The third-order valence-corrected chi connectivity index (χ3v) is 0.903. The van der Waals surface area contributed by atoms with Gasteiger partial charge < -0.3 is 5.32 Å². The van der Waals surface area contributed by atoms with Crippen molar-refractivity contribution in [2.75, 3.05) is 6.54 Å². The van der Waals surface area contributed by atoms with Gasteiger partial charge in [0.15, 0.2) is 0 Å². The molecular weight excluding hydrogens is 232 g/mol. The molecule has 48 valence electrons. The number of hydrogen-bond acceptors (Lipinski definition) is 1. The normalized spacial score (nSPS) is 15.8. The summed E-state index contributed by atoms with van der Waals surface area (Å²) in [4.78, 5) is 10.1. The third-order valence-electron chi connectivity index (χ3n) is 0.903. The maximum atomic E-state index is 10.1. The first-order valence-corrected chi connectivity index (χ1v) is 2.16. The fourth-order valence-electron chi connectivity index (χ4n) is 0.565. The predicted molar refractivity (Wildman–Crippen MR) is 38.0 cm³/mol. The minimum absolute atomic E-state index is 0. The van der Waals surface area contributed by atoms with Crippen LogP contribution in [0.15, 0.2) is 0 Å². The van der Waals surface area contributed by atoms with Gasteiger partial charge in [0.25, 0.3) is 0 Å². The molecule has 1 rings (SSSR count). The second-order valence-corrected chi connectivity index (χ2v) is 1.45. The van der Waals surface area contributed by atoms with Crippen molar-refractivity contribution in [3.63, 3.8) is 0 Å². The van der Waals surface area contributed by atoms with Gasteiger partial charge in [0.05, 0.1) is 0 Å². The number of amides is 1. The van der Waals surface area contributed by atoms with E-state index in [9.17, 15) is 4.79 Å². The van der Waals surface area contributed by atoms with Crippen molar-refractivity contribution in [3.8, 4) is 0 Å². The van der Waals surface area contributed by atoms with Crippen LogP contribution in [0.4, 0.5) is 0 Å². The SMILES string of the molecule is Cl.O=C1CCCN1.[SnH2]. The fourth-order valence-corrected chi connectivity index (χ4v) is 0.565. The molecule has 0 aromatic carbocycles. The van der Waals surface area contributed by atoms with Gasteiger partial charge in [-0.15, -0.1) is 12.4 Å². The Bertz CT molecular complexity index is 70.4. The molecule has 8 heavy (non-hydrogen) atoms. The van der Waals surface area contributed by atoms with Crippen LogP contribution in [0.5, 0.6) is 0 Å². The van der Waals surface area contributed by atoms with Gasteiger partial charge in [-0.25, -0.2) is 0 Å². The Morgan fingerprint density at radius 2 is 2.12 bits per heavy atom. The molecule has 1 fully saturated rings. The molecule has 0 bridgehead atoms. The Morgan fingerprint density at radius 3 is 2.25 bits per heavy atom. The number of hydrogen-bond donors (Lipinski definition) is 1. The molecule has 4 heteroatoms. The van der Waals surface area contributed by atoms with E-state index >= 15 is 0 Å². The Labute approximate surface area is 71.8 Å². The van der Waals surface area contributed by atoms with Gasteiger partial charge in [0.2, 0.25) is 5.91 Å². The average Bonchev–Trinajstić information content (AvgIpc) is 1.86. The topological polar surface area (TPSA) is 29.1 Å². The van der Waals surface area contributed by atoms with E-state index in [4.69, 9.17) is 0 Å². The Kier molecular flexibility index (Phi) is 8.09. The van der Waals surface area contributed by atoms with Crippen LogP contribution in [0.1, 0.15) is 12.8 Å². The molecule has 1 heterocycles. The van der Waals surface area contributed by atoms with Crippen LogP contribution in [0.25, 0.3) is 0 Å². The second-order valence-electron chi connectivity index (χ2n) is 1.45. The number of rotatable bonds is 0. The van der Waals surface area contributed by atoms with E-state index in [-0.39, 0.29) is 42.2 Å². The number of carbonyl (C=O) groups is 1. The summed E-state index contributed by atoms with van der Waals surface area (Å²) in [6.45, 7) is 0.888. The number of nitrogens with one attached hydrogen (secondary N) is 1. The molecule has 1 amide bonds. The molecule has 1 aliphatic heterocycles. The van der Waals surface area contributed by atoms with Gasteiger partial charge in [-0.05, 0) is 6.42 Å². The van der Waals surface area contributed by atoms with Crippen molar-refractivity contribution < 1.29 is 4.79 Å². The Morgan fingerprint density at radius 1 is 1.50 bits per heavy atom. The molecular formula is C4H10ClNOSn. The number of carbonyl (C=O) groups excluding carboxylic acids is 1. The van der Waals surface area contributed by atoms with Crippen LogP contribution in [-0.4, -0.2) is 36.4 Å². The Hall–Kier alpha value is 0.559. The fraction of sp³-hybridized carbons (Fsp3) is 0.750. The van der Waals surface area contributed by atoms with Crippen LogP contribution in [0.2, 0.25) is 0 Å². The molecule has 2 nitrogen and oxygen atoms in total. The maximum absolute atomic E-state index is 10.1. The van der Waals surface area contributed by atoms with Gasteiger partial charge in [-0.1, -0.05) is 0 Å². The van der Waals surface area contributed by atoms with Gasteiger partial charge in [-0.3, -0.25) is 4.79 Å². The third kappa shape index (κ3) is 3.55. The second kappa shape index (κ2) is 5.69. The minimum atomic E-state index is 0. The average molecular weight is 242 g/mol. The standard InChI is InChI=1S/C4H7NO.ClH.Sn.2H/c6-4-2-1-3-5-4;;;;/h1-3H2,(H,5,6);1H;;;. The molecule has 2 radical (unpaired) electrons. The summed E-state index contributed by atoms with van der Waals surface area (Å²) in [5.74, 6) is 0.204. The zero-order valence-electron chi connectivity index (χ0n) is 4.64. The van der Waals surface area contributed by atoms with Crippen LogP contribution in [0, 0.1) is 0 Å². The molecule has 1 N–H and O–H groups in total. The molecule has 0 saturated carbocycles. The molecule has 0 atom stereocenters. The molecule has 0 aliphatic carbocycles. The van der Waals surface area contributed by atoms with Crippen LogP contribution in [-0.2, 0) is 4.79 Å². The summed E-state index contributed by atoms with van der Waals surface area (Å²) in [6.07, 6.45) is 1.76. The summed E-state index contributed by atoms with van der Waals surface area (Å²) < 4.78 is 0. The van der Waals surface area contributed by atoms with Crippen molar-refractivity contribution >= 4 is 42.2 Å².